The van der Waals surface area contributed by atoms with E-state index in [2.05, 4.69) is 23.7 Å². The molecule has 0 radical (unpaired) electrons. The van der Waals surface area contributed by atoms with E-state index >= 15 is 0 Å². The highest BCUT2D eigenvalue weighted by Crippen LogP contribution is 2.16. The summed E-state index contributed by atoms with van der Waals surface area (Å²) in [4.78, 5) is 16.9. The number of carbonyl (C=O) groups is 1. The average Bonchev–Trinajstić information content (AvgIpc) is 2.38. The van der Waals surface area contributed by atoms with Gasteiger partial charge in [0.2, 0.25) is 0 Å². The monoisotopic (exact) mass is 248 g/mol. The van der Waals surface area contributed by atoms with Crippen molar-refractivity contribution in [3.8, 4) is 0 Å². The normalized spacial score (nSPS) is 11.1. The lowest BCUT2D eigenvalue weighted by Crippen LogP contribution is -2.30. The van der Waals surface area contributed by atoms with E-state index in [1.807, 2.05) is 19.2 Å². The third kappa shape index (κ3) is 3.87. The second-order valence-electron chi connectivity index (χ2n) is 4.20. The van der Waals surface area contributed by atoms with Gasteiger partial charge in [-0.25, -0.2) is 9.78 Å². The number of aromatic nitrogens is 1. The van der Waals surface area contributed by atoms with Gasteiger partial charge in [-0.3, -0.25) is 0 Å². The molecule has 4 heteroatoms. The number of aliphatic carboxylic acids is 1. The summed E-state index contributed by atoms with van der Waals surface area (Å²) in [6, 6.07) is 4.28. The number of hydrogen-bond acceptors (Lipinski definition) is 3. The van der Waals surface area contributed by atoms with Crippen LogP contribution in [0.15, 0.2) is 24.4 Å². The van der Waals surface area contributed by atoms with Crippen LogP contribution in [0.5, 0.6) is 0 Å². The highest BCUT2D eigenvalue weighted by atomic mass is 16.4. The van der Waals surface area contributed by atoms with Gasteiger partial charge in [0.05, 0.1) is 0 Å². The van der Waals surface area contributed by atoms with Crippen molar-refractivity contribution in [3.05, 3.63) is 30.0 Å². The maximum Gasteiger partial charge on any atom is 0.328 e. The first kappa shape index (κ1) is 14.2. The molecule has 0 amide bonds. The van der Waals surface area contributed by atoms with Gasteiger partial charge in [-0.1, -0.05) is 13.8 Å². The summed E-state index contributed by atoms with van der Waals surface area (Å²) in [5.41, 5.74) is 0.791. The third-order valence-electron chi connectivity index (χ3n) is 3.04. The standard InChI is InChI=1S/C14H20N2O2/c1-4-12(5-2)16(3)13-8-6-11(10-15-13)7-9-14(17)18/h6-10,12H,4-5H2,1-3H3,(H,17,18)/b9-7+. The summed E-state index contributed by atoms with van der Waals surface area (Å²) < 4.78 is 0. The zero-order valence-corrected chi connectivity index (χ0v) is 11.1. The Balaban J connectivity index is 2.79. The molecule has 1 aromatic rings. The predicted molar refractivity (Wildman–Crippen MR) is 73.7 cm³/mol. The van der Waals surface area contributed by atoms with Crippen molar-refractivity contribution in [3.63, 3.8) is 0 Å². The molecule has 1 N–H and O–H groups in total. The van der Waals surface area contributed by atoms with Crippen LogP contribution in [0.1, 0.15) is 32.3 Å². The van der Waals surface area contributed by atoms with E-state index in [0.717, 1.165) is 30.3 Å². The molecule has 18 heavy (non-hydrogen) atoms. The lowest BCUT2D eigenvalue weighted by Gasteiger charge is -2.27. The van der Waals surface area contributed by atoms with E-state index < -0.39 is 5.97 Å². The predicted octanol–water partition coefficient (Wildman–Crippen LogP) is 2.80. The minimum atomic E-state index is -0.951. The molecule has 0 aliphatic carbocycles. The molecule has 0 fully saturated rings. The topological polar surface area (TPSA) is 53.4 Å². The Kier molecular flexibility index (Phi) is 5.36. The van der Waals surface area contributed by atoms with Crippen LogP contribution in [-0.2, 0) is 4.79 Å². The number of nitrogens with zero attached hydrogens (tertiary/aromatic N) is 2. The van der Waals surface area contributed by atoms with Crippen LogP contribution in [0.4, 0.5) is 5.82 Å². The van der Waals surface area contributed by atoms with Crippen LogP contribution in [0, 0.1) is 0 Å². The minimum Gasteiger partial charge on any atom is -0.478 e. The molecule has 0 aliphatic heterocycles. The number of hydrogen-bond donors (Lipinski definition) is 1. The van der Waals surface area contributed by atoms with Crippen LogP contribution >= 0.6 is 0 Å². The van der Waals surface area contributed by atoms with E-state index in [0.29, 0.717) is 6.04 Å². The largest absolute Gasteiger partial charge is 0.478 e. The fraction of sp³-hybridized carbons (Fsp3) is 0.429. The van der Waals surface area contributed by atoms with Crippen molar-refractivity contribution in [2.75, 3.05) is 11.9 Å². The number of carboxylic acid groups (broad SMARTS) is 1. The first-order valence-electron chi connectivity index (χ1n) is 6.18. The Bertz CT molecular complexity index is 408. The van der Waals surface area contributed by atoms with Gasteiger partial charge in [0.15, 0.2) is 0 Å². The summed E-state index contributed by atoms with van der Waals surface area (Å²) >= 11 is 0. The quantitative estimate of drug-likeness (QED) is 0.786. The van der Waals surface area contributed by atoms with Crippen molar-refractivity contribution in [1.82, 2.24) is 4.98 Å². The third-order valence-corrected chi connectivity index (χ3v) is 3.04. The van der Waals surface area contributed by atoms with Crippen LogP contribution in [0.25, 0.3) is 6.08 Å². The zero-order chi connectivity index (χ0) is 13.5. The van der Waals surface area contributed by atoms with E-state index in [1.54, 1.807) is 6.20 Å². The molecule has 0 unspecified atom stereocenters. The summed E-state index contributed by atoms with van der Waals surface area (Å²) in [6.07, 6.45) is 6.50. The molecule has 98 valence electrons. The van der Waals surface area contributed by atoms with Gasteiger partial charge in [0, 0.05) is 25.4 Å². The lowest BCUT2D eigenvalue weighted by molar-refractivity contribution is -0.131. The maximum atomic E-state index is 10.4. The average molecular weight is 248 g/mol. The number of rotatable bonds is 6. The fourth-order valence-electron chi connectivity index (χ4n) is 1.90. The molecule has 0 spiro atoms. The molecule has 1 rings (SSSR count). The molecular formula is C14H20N2O2. The summed E-state index contributed by atoms with van der Waals surface area (Å²) in [5.74, 6) is -0.0376. The van der Waals surface area contributed by atoms with Gasteiger partial charge in [-0.2, -0.15) is 0 Å². The number of pyridine rings is 1. The first-order chi connectivity index (χ1) is 8.58. The molecule has 0 aliphatic rings. The summed E-state index contributed by atoms with van der Waals surface area (Å²) in [5, 5.41) is 8.54. The molecule has 0 bridgehead atoms. The fourth-order valence-corrected chi connectivity index (χ4v) is 1.90. The van der Waals surface area contributed by atoms with E-state index in [1.165, 1.54) is 6.08 Å². The van der Waals surface area contributed by atoms with Crippen molar-refractivity contribution >= 4 is 17.9 Å². The number of carboxylic acids is 1. The second-order valence-corrected chi connectivity index (χ2v) is 4.20. The van der Waals surface area contributed by atoms with Crippen molar-refractivity contribution in [2.24, 2.45) is 0 Å². The van der Waals surface area contributed by atoms with E-state index in [-0.39, 0.29) is 0 Å². The van der Waals surface area contributed by atoms with Gasteiger partial charge in [0.1, 0.15) is 5.82 Å². The van der Waals surface area contributed by atoms with Crippen LogP contribution in [0.3, 0.4) is 0 Å². The van der Waals surface area contributed by atoms with Crippen LogP contribution in [0.2, 0.25) is 0 Å². The van der Waals surface area contributed by atoms with Gasteiger partial charge in [0.25, 0.3) is 0 Å². The summed E-state index contributed by atoms with van der Waals surface area (Å²) in [7, 11) is 2.03. The highest BCUT2D eigenvalue weighted by Gasteiger charge is 2.11. The lowest BCUT2D eigenvalue weighted by atomic mass is 10.1. The van der Waals surface area contributed by atoms with Gasteiger partial charge >= 0.3 is 5.97 Å². The van der Waals surface area contributed by atoms with Crippen molar-refractivity contribution in [2.45, 2.75) is 32.7 Å². The van der Waals surface area contributed by atoms with Crippen LogP contribution in [-0.4, -0.2) is 29.1 Å². The van der Waals surface area contributed by atoms with Crippen molar-refractivity contribution < 1.29 is 9.90 Å². The number of anilines is 1. The first-order valence-corrected chi connectivity index (χ1v) is 6.18. The smallest absolute Gasteiger partial charge is 0.328 e. The highest BCUT2D eigenvalue weighted by molar-refractivity contribution is 5.85. The van der Waals surface area contributed by atoms with Gasteiger partial charge in [-0.15, -0.1) is 0 Å². The SMILES string of the molecule is CCC(CC)N(C)c1ccc(/C=C/C(=O)O)cn1. The molecule has 0 aromatic carbocycles. The van der Waals surface area contributed by atoms with Gasteiger partial charge in [-0.05, 0) is 36.6 Å². The maximum absolute atomic E-state index is 10.4. The Morgan fingerprint density at radius 2 is 2.11 bits per heavy atom. The Hall–Kier alpha value is -1.84. The van der Waals surface area contributed by atoms with E-state index in [4.69, 9.17) is 5.11 Å². The van der Waals surface area contributed by atoms with Crippen molar-refractivity contribution in [1.29, 1.82) is 0 Å². The zero-order valence-electron chi connectivity index (χ0n) is 11.1. The Morgan fingerprint density at radius 3 is 2.56 bits per heavy atom. The van der Waals surface area contributed by atoms with Gasteiger partial charge < -0.3 is 10.0 Å². The minimum absolute atomic E-state index is 0.484. The molecule has 0 saturated carbocycles. The van der Waals surface area contributed by atoms with E-state index in [9.17, 15) is 4.79 Å². The van der Waals surface area contributed by atoms with Crippen LogP contribution < -0.4 is 4.90 Å². The molecule has 0 atom stereocenters. The molecule has 1 aromatic heterocycles. The molecular weight excluding hydrogens is 228 g/mol. The Morgan fingerprint density at radius 1 is 1.44 bits per heavy atom. The Labute approximate surface area is 108 Å². The molecule has 4 nitrogen and oxygen atoms in total. The summed E-state index contributed by atoms with van der Waals surface area (Å²) in [6.45, 7) is 4.32. The molecule has 0 saturated heterocycles. The second kappa shape index (κ2) is 6.79. The molecule has 1 heterocycles.